The van der Waals surface area contributed by atoms with Gasteiger partial charge < -0.3 is 10.4 Å². The van der Waals surface area contributed by atoms with Gasteiger partial charge in [0.25, 0.3) is 0 Å². The number of carbonyl (C=O) groups excluding carboxylic acids is 1. The number of aromatic carboxylic acids is 1. The third-order valence-corrected chi connectivity index (χ3v) is 2.38. The van der Waals surface area contributed by atoms with Gasteiger partial charge in [0.2, 0.25) is 5.91 Å². The molecule has 106 valence electrons. The van der Waals surface area contributed by atoms with E-state index < -0.39 is 5.97 Å². The molecule has 0 bridgehead atoms. The van der Waals surface area contributed by atoms with Crippen LogP contribution in [0.2, 0.25) is 0 Å². The van der Waals surface area contributed by atoms with Crippen LogP contribution < -0.4 is 5.32 Å². The topological polar surface area (TPSA) is 97.1 Å². The van der Waals surface area contributed by atoms with Crippen molar-refractivity contribution in [3.05, 3.63) is 11.4 Å². The van der Waals surface area contributed by atoms with Crippen LogP contribution >= 0.6 is 0 Å². The third-order valence-electron chi connectivity index (χ3n) is 2.38. The predicted octanol–water partition coefficient (Wildman–Crippen LogP) is 0.699. The van der Waals surface area contributed by atoms with Gasteiger partial charge in [-0.15, -0.1) is 5.10 Å². The Kier molecular flexibility index (Phi) is 5.02. The normalized spacial score (nSPS) is 11.1. The van der Waals surface area contributed by atoms with Crippen molar-refractivity contribution in [3.8, 4) is 0 Å². The molecule has 0 radical (unpaired) electrons. The van der Waals surface area contributed by atoms with Crippen LogP contribution in [0.5, 0.6) is 0 Å². The first-order valence-corrected chi connectivity index (χ1v) is 6.26. The Bertz CT molecular complexity index is 466. The van der Waals surface area contributed by atoms with Crippen LogP contribution in [0.1, 0.15) is 43.9 Å². The van der Waals surface area contributed by atoms with Gasteiger partial charge in [-0.2, -0.15) is 0 Å². The van der Waals surface area contributed by atoms with Crippen LogP contribution in [-0.4, -0.2) is 38.0 Å². The number of carboxylic acids is 1. The van der Waals surface area contributed by atoms with E-state index in [-0.39, 0.29) is 30.1 Å². The van der Waals surface area contributed by atoms with E-state index in [9.17, 15) is 9.59 Å². The summed E-state index contributed by atoms with van der Waals surface area (Å²) in [5, 5.41) is 19.2. The number of carboxylic acid groups (broad SMARTS) is 1. The number of hydrogen-bond acceptors (Lipinski definition) is 4. The lowest BCUT2D eigenvalue weighted by molar-refractivity contribution is -0.122. The van der Waals surface area contributed by atoms with Crippen molar-refractivity contribution in [1.29, 1.82) is 0 Å². The molecule has 0 aromatic carbocycles. The third kappa shape index (κ3) is 4.35. The lowest BCUT2D eigenvalue weighted by Crippen LogP contribution is -2.34. The zero-order valence-electron chi connectivity index (χ0n) is 11.7. The Labute approximate surface area is 112 Å². The largest absolute Gasteiger partial charge is 0.476 e. The highest BCUT2D eigenvalue weighted by atomic mass is 16.4. The molecule has 0 fully saturated rings. The molecule has 19 heavy (non-hydrogen) atoms. The Morgan fingerprint density at radius 3 is 2.42 bits per heavy atom. The fraction of sp³-hybridized carbons (Fsp3) is 0.667. The molecule has 7 nitrogen and oxygen atoms in total. The van der Waals surface area contributed by atoms with Crippen LogP contribution in [0.25, 0.3) is 0 Å². The second kappa shape index (κ2) is 6.31. The molecule has 0 unspecified atom stereocenters. The summed E-state index contributed by atoms with van der Waals surface area (Å²) in [4.78, 5) is 22.8. The van der Waals surface area contributed by atoms with Crippen LogP contribution in [-0.2, 0) is 17.8 Å². The van der Waals surface area contributed by atoms with Crippen molar-refractivity contribution in [3.63, 3.8) is 0 Å². The SMILES string of the molecule is CC(C)Cc1c(C(=O)O)nnn1CC(=O)NC(C)C. The van der Waals surface area contributed by atoms with Crippen LogP contribution in [0.3, 0.4) is 0 Å². The summed E-state index contributed by atoms with van der Waals surface area (Å²) in [7, 11) is 0. The monoisotopic (exact) mass is 268 g/mol. The van der Waals surface area contributed by atoms with Gasteiger partial charge in [-0.3, -0.25) is 4.79 Å². The molecule has 0 aliphatic carbocycles. The average Bonchev–Trinajstić information content (AvgIpc) is 2.59. The van der Waals surface area contributed by atoms with Crippen LogP contribution in [0.15, 0.2) is 0 Å². The van der Waals surface area contributed by atoms with Gasteiger partial charge in [-0.25, -0.2) is 9.48 Å². The average molecular weight is 268 g/mol. The molecule has 1 aromatic rings. The van der Waals surface area contributed by atoms with Gasteiger partial charge >= 0.3 is 5.97 Å². The van der Waals surface area contributed by atoms with E-state index in [0.717, 1.165) is 0 Å². The Morgan fingerprint density at radius 2 is 1.95 bits per heavy atom. The lowest BCUT2D eigenvalue weighted by Gasteiger charge is -2.11. The molecule has 1 rings (SSSR count). The summed E-state index contributed by atoms with van der Waals surface area (Å²) < 4.78 is 1.36. The van der Waals surface area contributed by atoms with Crippen molar-refractivity contribution in [2.45, 2.75) is 46.7 Å². The first-order valence-electron chi connectivity index (χ1n) is 6.26. The van der Waals surface area contributed by atoms with Gasteiger partial charge in [0.15, 0.2) is 5.69 Å². The van der Waals surface area contributed by atoms with E-state index in [1.165, 1.54) is 4.68 Å². The van der Waals surface area contributed by atoms with E-state index in [2.05, 4.69) is 15.6 Å². The van der Waals surface area contributed by atoms with E-state index in [1.807, 2.05) is 27.7 Å². The molecule has 0 atom stereocenters. The fourth-order valence-electron chi connectivity index (χ4n) is 1.72. The lowest BCUT2D eigenvalue weighted by atomic mass is 10.1. The molecule has 0 aliphatic rings. The highest BCUT2D eigenvalue weighted by Crippen LogP contribution is 2.12. The number of amides is 1. The first kappa shape index (κ1) is 15.1. The van der Waals surface area contributed by atoms with Gasteiger partial charge in [-0.1, -0.05) is 19.1 Å². The minimum Gasteiger partial charge on any atom is -0.476 e. The smallest absolute Gasteiger partial charge is 0.358 e. The summed E-state index contributed by atoms with van der Waals surface area (Å²) in [6, 6.07) is 0.0310. The zero-order valence-corrected chi connectivity index (χ0v) is 11.7. The molecule has 1 heterocycles. The highest BCUT2D eigenvalue weighted by Gasteiger charge is 2.21. The number of aromatic nitrogens is 3. The molecule has 1 amide bonds. The van der Waals surface area contributed by atoms with E-state index in [4.69, 9.17) is 5.11 Å². The molecular formula is C12H20N4O3. The van der Waals surface area contributed by atoms with Gasteiger partial charge in [0, 0.05) is 6.04 Å². The molecule has 0 saturated carbocycles. The maximum absolute atomic E-state index is 11.7. The van der Waals surface area contributed by atoms with Crippen molar-refractivity contribution < 1.29 is 14.7 Å². The molecule has 0 saturated heterocycles. The highest BCUT2D eigenvalue weighted by molar-refractivity contribution is 5.86. The summed E-state index contributed by atoms with van der Waals surface area (Å²) >= 11 is 0. The first-order chi connectivity index (χ1) is 8.81. The van der Waals surface area contributed by atoms with E-state index >= 15 is 0 Å². The van der Waals surface area contributed by atoms with Crippen molar-refractivity contribution >= 4 is 11.9 Å². The Hall–Kier alpha value is -1.92. The number of hydrogen-bond donors (Lipinski definition) is 2. The molecule has 0 aliphatic heterocycles. The number of nitrogens with zero attached hydrogens (tertiary/aromatic N) is 3. The summed E-state index contributed by atoms with van der Waals surface area (Å²) in [5.41, 5.74) is 0.410. The quantitative estimate of drug-likeness (QED) is 0.791. The molecule has 0 spiro atoms. The van der Waals surface area contributed by atoms with Crippen molar-refractivity contribution in [2.24, 2.45) is 5.92 Å². The summed E-state index contributed by atoms with van der Waals surface area (Å²) in [6.07, 6.45) is 0.517. The van der Waals surface area contributed by atoms with Crippen molar-refractivity contribution in [2.75, 3.05) is 0 Å². The molecule has 1 aromatic heterocycles. The summed E-state index contributed by atoms with van der Waals surface area (Å²) in [6.45, 7) is 7.64. The second-order valence-electron chi connectivity index (χ2n) is 5.17. The minimum absolute atomic E-state index is 0.0134. The zero-order chi connectivity index (χ0) is 14.6. The molecule has 2 N–H and O–H groups in total. The van der Waals surface area contributed by atoms with Crippen molar-refractivity contribution in [1.82, 2.24) is 20.3 Å². The van der Waals surface area contributed by atoms with E-state index in [1.54, 1.807) is 0 Å². The molecular weight excluding hydrogens is 248 g/mol. The second-order valence-corrected chi connectivity index (χ2v) is 5.17. The molecule has 7 heteroatoms. The van der Waals surface area contributed by atoms with E-state index in [0.29, 0.717) is 12.1 Å². The number of carbonyl (C=O) groups is 2. The standard InChI is InChI=1S/C12H20N4O3/c1-7(2)5-9-11(12(18)19)14-15-16(9)6-10(17)13-8(3)4/h7-8H,5-6H2,1-4H3,(H,13,17)(H,18,19). The number of nitrogens with one attached hydrogen (secondary N) is 1. The van der Waals surface area contributed by atoms with Gasteiger partial charge in [-0.05, 0) is 26.2 Å². The maximum atomic E-state index is 11.7. The van der Waals surface area contributed by atoms with Gasteiger partial charge in [0.1, 0.15) is 6.54 Å². The predicted molar refractivity (Wildman–Crippen MR) is 68.8 cm³/mol. The number of rotatable bonds is 6. The maximum Gasteiger partial charge on any atom is 0.358 e. The summed E-state index contributed by atoms with van der Waals surface area (Å²) in [5.74, 6) is -1.07. The Morgan fingerprint density at radius 1 is 1.32 bits per heavy atom. The Balaban J connectivity index is 2.94. The fourth-order valence-corrected chi connectivity index (χ4v) is 1.72. The minimum atomic E-state index is -1.12. The van der Waals surface area contributed by atoms with Gasteiger partial charge in [0.05, 0.1) is 5.69 Å². The van der Waals surface area contributed by atoms with Crippen LogP contribution in [0.4, 0.5) is 0 Å². The van der Waals surface area contributed by atoms with Crippen LogP contribution in [0, 0.1) is 5.92 Å².